The number of benzene rings is 5. The first-order valence-electron chi connectivity index (χ1n) is 13.0. The number of hydrogen-bond donors (Lipinski definition) is 0. The van der Waals surface area contributed by atoms with E-state index in [1.54, 1.807) is 0 Å². The third-order valence-electron chi connectivity index (χ3n) is 7.12. The number of anilines is 1. The highest BCUT2D eigenvalue weighted by Crippen LogP contribution is 2.76. The topological polar surface area (TPSA) is 3.24 Å². The molecule has 37 heavy (non-hydrogen) atoms. The molecule has 0 bridgehead atoms. The van der Waals surface area contributed by atoms with Gasteiger partial charge in [-0.15, -0.1) is 0 Å². The highest BCUT2D eigenvalue weighted by Gasteiger charge is 2.44. The molecule has 0 spiro atoms. The molecule has 0 aromatic heterocycles. The maximum atomic E-state index is 2.87. The van der Waals surface area contributed by atoms with Gasteiger partial charge in [0, 0.05) is 35.7 Å². The lowest BCUT2D eigenvalue weighted by Crippen LogP contribution is -2.26. The van der Waals surface area contributed by atoms with Gasteiger partial charge in [-0.25, -0.2) is 0 Å². The van der Waals surface area contributed by atoms with Crippen molar-refractivity contribution in [1.82, 2.24) is 0 Å². The van der Waals surface area contributed by atoms with E-state index in [-0.39, 0.29) is 0 Å². The Balaban J connectivity index is 1.58. The van der Waals surface area contributed by atoms with Crippen molar-refractivity contribution in [3.63, 3.8) is 0 Å². The summed E-state index contributed by atoms with van der Waals surface area (Å²) in [5.74, 6) is 0. The summed E-state index contributed by atoms with van der Waals surface area (Å²) in [4.78, 5) is 0. The van der Waals surface area contributed by atoms with Crippen molar-refractivity contribution >= 4 is 32.4 Å². The van der Waals surface area contributed by atoms with Crippen molar-refractivity contribution in [2.24, 2.45) is 0 Å². The fourth-order valence-electron chi connectivity index (χ4n) is 5.47. The van der Waals surface area contributed by atoms with E-state index in [0.717, 1.165) is 0 Å². The quantitative estimate of drug-likeness (QED) is 0.195. The van der Waals surface area contributed by atoms with E-state index in [0.29, 0.717) is 11.3 Å². The summed E-state index contributed by atoms with van der Waals surface area (Å²) in [6.45, 7) is 0. The van der Waals surface area contributed by atoms with Crippen LogP contribution >= 0.6 is 16.1 Å². The molecule has 1 aliphatic heterocycles. The fraction of sp³-hybridized carbons (Fsp3) is 0.118. The SMILES string of the molecule is c1ccc([C@H]2CC[C@H](c3ccccc3)P2N(c2ccccc2)P(c2ccccc2)c2ccccc2)cc1. The van der Waals surface area contributed by atoms with Gasteiger partial charge in [-0.1, -0.05) is 140 Å². The van der Waals surface area contributed by atoms with Crippen LogP contribution in [0.5, 0.6) is 0 Å². The van der Waals surface area contributed by atoms with Gasteiger partial charge in [0.2, 0.25) is 0 Å². The van der Waals surface area contributed by atoms with Crippen LogP contribution in [0.1, 0.15) is 35.3 Å². The van der Waals surface area contributed by atoms with E-state index < -0.39 is 16.1 Å². The molecule has 0 radical (unpaired) electrons. The van der Waals surface area contributed by atoms with Crippen LogP contribution in [0.2, 0.25) is 0 Å². The van der Waals surface area contributed by atoms with Crippen LogP contribution in [0.4, 0.5) is 5.69 Å². The van der Waals surface area contributed by atoms with Gasteiger partial charge in [-0.05, 0) is 36.1 Å². The zero-order chi connectivity index (χ0) is 24.9. The van der Waals surface area contributed by atoms with Gasteiger partial charge in [-0.3, -0.25) is 0 Å². The first-order chi connectivity index (χ1) is 18.4. The predicted octanol–water partition coefficient (Wildman–Crippen LogP) is 9.21. The average Bonchev–Trinajstić information content (AvgIpc) is 3.43. The second kappa shape index (κ2) is 11.4. The Hall–Kier alpha value is -3.24. The van der Waals surface area contributed by atoms with Crippen molar-refractivity contribution in [3.8, 4) is 0 Å². The van der Waals surface area contributed by atoms with Gasteiger partial charge in [0.15, 0.2) is 0 Å². The number of hydrogen-bond acceptors (Lipinski definition) is 1. The number of para-hydroxylation sites is 1. The highest BCUT2D eigenvalue weighted by atomic mass is 31.2. The molecule has 6 rings (SSSR count). The van der Waals surface area contributed by atoms with E-state index in [1.165, 1.54) is 40.3 Å². The maximum absolute atomic E-state index is 2.87. The summed E-state index contributed by atoms with van der Waals surface area (Å²) < 4.78 is 2.87. The molecular formula is C34H31NP2. The second-order valence-corrected chi connectivity index (χ2v) is 14.2. The molecule has 5 aromatic rings. The lowest BCUT2D eigenvalue weighted by atomic mass is 10.0. The largest absolute Gasteiger partial charge is 0.320 e. The van der Waals surface area contributed by atoms with Crippen LogP contribution in [-0.4, -0.2) is 0 Å². The van der Waals surface area contributed by atoms with Gasteiger partial charge in [0.1, 0.15) is 0 Å². The fourth-order valence-corrected chi connectivity index (χ4v) is 12.8. The van der Waals surface area contributed by atoms with Crippen molar-refractivity contribution in [2.45, 2.75) is 24.2 Å². The lowest BCUT2D eigenvalue weighted by molar-refractivity contribution is 0.765. The highest BCUT2D eigenvalue weighted by molar-refractivity contribution is 7.85. The van der Waals surface area contributed by atoms with Crippen LogP contribution in [0.25, 0.3) is 0 Å². The van der Waals surface area contributed by atoms with Crippen molar-refractivity contribution < 1.29 is 0 Å². The summed E-state index contributed by atoms with van der Waals surface area (Å²) in [6.07, 6.45) is 2.43. The van der Waals surface area contributed by atoms with Crippen LogP contribution < -0.4 is 15.1 Å². The van der Waals surface area contributed by atoms with E-state index in [1.807, 2.05) is 0 Å². The minimum atomic E-state index is -0.773. The molecule has 2 atom stereocenters. The molecule has 1 fully saturated rings. The Labute approximate surface area is 223 Å². The molecule has 1 heterocycles. The molecule has 182 valence electrons. The molecule has 0 amide bonds. The van der Waals surface area contributed by atoms with E-state index in [2.05, 4.69) is 156 Å². The molecule has 0 unspecified atom stereocenters. The number of nitrogens with zero attached hydrogens (tertiary/aromatic N) is 1. The number of rotatable bonds is 7. The summed E-state index contributed by atoms with van der Waals surface area (Å²) >= 11 is 0. The standard InChI is InChI=1S/C34H31NP2/c1-6-16-28(17-7-1)33-26-27-34(29-18-8-2-9-19-29)37(33)35(30-20-10-3-11-21-30)36(31-22-12-4-13-23-31)32-24-14-5-15-25-32/h1-25,33-34H,26-27H2/t33-,34-/m1/s1. The van der Waals surface area contributed by atoms with Crippen molar-refractivity contribution in [2.75, 3.05) is 4.44 Å². The van der Waals surface area contributed by atoms with E-state index >= 15 is 0 Å². The first kappa shape index (κ1) is 24.1. The van der Waals surface area contributed by atoms with Crippen LogP contribution in [-0.2, 0) is 0 Å². The van der Waals surface area contributed by atoms with Gasteiger partial charge in [0.05, 0.1) is 8.07 Å². The molecule has 0 saturated carbocycles. The van der Waals surface area contributed by atoms with Crippen molar-refractivity contribution in [3.05, 3.63) is 163 Å². The van der Waals surface area contributed by atoms with Crippen LogP contribution in [0.15, 0.2) is 152 Å². The zero-order valence-corrected chi connectivity index (χ0v) is 22.6. The third-order valence-corrected chi connectivity index (χ3v) is 13.5. The third kappa shape index (κ3) is 5.13. The summed E-state index contributed by atoms with van der Waals surface area (Å²) in [6, 6.07) is 56.1. The maximum Gasteiger partial charge on any atom is 0.0585 e. The molecule has 1 nitrogen and oxygen atoms in total. The first-order valence-corrected chi connectivity index (χ1v) is 15.8. The smallest absolute Gasteiger partial charge is 0.0585 e. The molecule has 1 aliphatic rings. The Morgan fingerprint density at radius 2 is 0.811 bits per heavy atom. The average molecular weight is 516 g/mol. The Morgan fingerprint density at radius 3 is 1.22 bits per heavy atom. The Kier molecular flexibility index (Phi) is 7.45. The van der Waals surface area contributed by atoms with Gasteiger partial charge in [0.25, 0.3) is 0 Å². The zero-order valence-electron chi connectivity index (χ0n) is 20.8. The minimum Gasteiger partial charge on any atom is -0.320 e. The summed E-state index contributed by atoms with van der Waals surface area (Å²) in [5, 5.41) is 2.81. The van der Waals surface area contributed by atoms with E-state index in [4.69, 9.17) is 0 Å². The van der Waals surface area contributed by atoms with Gasteiger partial charge in [-0.2, -0.15) is 0 Å². The lowest BCUT2D eigenvalue weighted by Gasteiger charge is -2.44. The molecular weight excluding hydrogens is 484 g/mol. The van der Waals surface area contributed by atoms with E-state index in [9.17, 15) is 0 Å². The van der Waals surface area contributed by atoms with Crippen LogP contribution in [0.3, 0.4) is 0 Å². The van der Waals surface area contributed by atoms with Crippen LogP contribution in [0, 0.1) is 0 Å². The van der Waals surface area contributed by atoms with Gasteiger partial charge < -0.3 is 4.44 Å². The summed E-state index contributed by atoms with van der Waals surface area (Å²) in [7, 11) is -1.36. The van der Waals surface area contributed by atoms with Crippen molar-refractivity contribution in [1.29, 1.82) is 0 Å². The predicted molar refractivity (Wildman–Crippen MR) is 163 cm³/mol. The van der Waals surface area contributed by atoms with Gasteiger partial charge >= 0.3 is 0 Å². The molecule has 5 aromatic carbocycles. The Bertz CT molecular complexity index is 1290. The Morgan fingerprint density at radius 1 is 0.459 bits per heavy atom. The molecule has 0 N–H and O–H groups in total. The second-order valence-electron chi connectivity index (χ2n) is 9.42. The molecule has 0 aliphatic carbocycles. The minimum absolute atomic E-state index is 0.513. The summed E-state index contributed by atoms with van der Waals surface area (Å²) in [5.41, 5.74) is 5.31. The monoisotopic (exact) mass is 515 g/mol. The normalized spacial score (nSPS) is 17.6. The molecule has 1 saturated heterocycles. The molecule has 3 heteroatoms.